The van der Waals surface area contributed by atoms with Gasteiger partial charge in [0.15, 0.2) is 4.34 Å². The monoisotopic (exact) mass is 373 g/mol. The molecule has 0 atom stereocenters. The second-order valence-corrected chi connectivity index (χ2v) is 7.46. The van der Waals surface area contributed by atoms with Gasteiger partial charge in [0.2, 0.25) is 5.91 Å². The topological polar surface area (TPSA) is 99.8 Å². The zero-order valence-corrected chi connectivity index (χ0v) is 15.2. The number of carbonyl (C=O) groups excluding carboxylic acids is 1. The minimum Gasteiger partial charge on any atom is -0.507 e. The molecule has 0 aliphatic heterocycles. The van der Waals surface area contributed by atoms with Crippen LogP contribution >= 0.6 is 23.1 Å². The lowest BCUT2D eigenvalue weighted by Crippen LogP contribution is -2.06. The highest BCUT2D eigenvalue weighted by molar-refractivity contribution is 8.01. The Kier molecular flexibility index (Phi) is 5.25. The van der Waals surface area contributed by atoms with Crippen LogP contribution in [-0.2, 0) is 4.79 Å². The lowest BCUT2D eigenvalue weighted by Gasteiger charge is -2.10. The maximum Gasteiger partial charge on any atom is 0.252 e. The Bertz CT molecular complexity index is 955. The van der Waals surface area contributed by atoms with E-state index in [9.17, 15) is 9.90 Å². The molecule has 1 amide bonds. The van der Waals surface area contributed by atoms with Gasteiger partial charge < -0.3 is 10.4 Å². The number of amides is 1. The van der Waals surface area contributed by atoms with Gasteiger partial charge in [-0.05, 0) is 24.0 Å². The van der Waals surface area contributed by atoms with Gasteiger partial charge in [0.05, 0.1) is 11.4 Å². The van der Waals surface area contributed by atoms with Gasteiger partial charge in [-0.25, -0.2) is 0 Å². The van der Waals surface area contributed by atoms with Crippen LogP contribution in [0.25, 0.3) is 10.8 Å². The van der Waals surface area contributed by atoms with E-state index in [0.29, 0.717) is 27.3 Å². The van der Waals surface area contributed by atoms with Crippen molar-refractivity contribution in [2.75, 3.05) is 11.1 Å². The van der Waals surface area contributed by atoms with Crippen molar-refractivity contribution in [3.63, 3.8) is 0 Å². The quantitative estimate of drug-likeness (QED) is 0.490. The summed E-state index contributed by atoms with van der Waals surface area (Å²) in [6.45, 7) is 3.47. The van der Waals surface area contributed by atoms with Crippen molar-refractivity contribution < 1.29 is 9.90 Å². The Morgan fingerprint density at radius 1 is 1.28 bits per heavy atom. The van der Waals surface area contributed by atoms with Crippen LogP contribution < -0.4 is 5.32 Å². The minimum atomic E-state index is -0.205. The van der Waals surface area contributed by atoms with E-state index in [2.05, 4.69) is 25.7 Å². The van der Waals surface area contributed by atoms with Gasteiger partial charge in [0, 0.05) is 17.7 Å². The van der Waals surface area contributed by atoms with Crippen molar-refractivity contribution in [1.82, 2.24) is 10.2 Å². The molecule has 0 aliphatic rings. The van der Waals surface area contributed by atoms with Gasteiger partial charge in [0.1, 0.15) is 5.75 Å². The van der Waals surface area contributed by atoms with Gasteiger partial charge in [-0.15, -0.1) is 20.4 Å². The van der Waals surface area contributed by atoms with Gasteiger partial charge in [0.25, 0.3) is 5.13 Å². The first-order chi connectivity index (χ1) is 12.1. The molecule has 3 rings (SSSR count). The summed E-state index contributed by atoms with van der Waals surface area (Å²) < 4.78 is 0.839. The molecule has 25 heavy (non-hydrogen) atoms. The lowest BCUT2D eigenvalue weighted by molar-refractivity contribution is -0.114. The Balaban J connectivity index is 2.04. The summed E-state index contributed by atoms with van der Waals surface area (Å²) >= 11 is 2.96. The third-order valence-electron chi connectivity index (χ3n) is 3.21. The molecule has 2 aromatic carbocycles. The molecule has 7 nitrogen and oxygen atoms in total. The number of fused-ring (bicyclic) bond motifs is 1. The number of carbonyl (C=O) groups is 1. The summed E-state index contributed by atoms with van der Waals surface area (Å²) in [5, 5.41) is 30.9. The molecule has 0 aliphatic carbocycles. The van der Waals surface area contributed by atoms with Crippen molar-refractivity contribution in [2.45, 2.75) is 18.2 Å². The van der Waals surface area contributed by atoms with Crippen LogP contribution in [0.5, 0.6) is 5.75 Å². The van der Waals surface area contributed by atoms with Crippen molar-refractivity contribution in [3.8, 4) is 5.75 Å². The maximum absolute atomic E-state index is 11.5. The summed E-state index contributed by atoms with van der Waals surface area (Å²) in [7, 11) is 0. The van der Waals surface area contributed by atoms with Gasteiger partial charge >= 0.3 is 0 Å². The molecule has 1 heterocycles. The number of benzene rings is 2. The Hall–Kier alpha value is -2.52. The highest BCUT2D eigenvalue weighted by Gasteiger charge is 2.11. The fourth-order valence-electron chi connectivity index (χ4n) is 2.27. The maximum atomic E-state index is 11.5. The number of rotatable bonds is 5. The molecule has 3 aromatic rings. The number of hydrogen-bond donors (Lipinski definition) is 2. The second-order valence-electron chi connectivity index (χ2n) is 5.00. The van der Waals surface area contributed by atoms with E-state index in [-0.39, 0.29) is 11.7 Å². The number of hydrogen-bond acceptors (Lipinski definition) is 8. The SMILES string of the molecule is CCSc1nnc(N=Nc2ccc(O)c3cccc(NC(C)=O)c23)s1. The van der Waals surface area contributed by atoms with E-state index >= 15 is 0 Å². The molecule has 0 spiro atoms. The van der Waals surface area contributed by atoms with Crippen LogP contribution in [0.1, 0.15) is 13.8 Å². The first kappa shape index (κ1) is 17.3. The van der Waals surface area contributed by atoms with Crippen LogP contribution in [0.2, 0.25) is 0 Å². The van der Waals surface area contributed by atoms with Crippen molar-refractivity contribution in [2.24, 2.45) is 10.2 Å². The normalized spacial score (nSPS) is 11.3. The number of nitrogens with one attached hydrogen (secondary N) is 1. The first-order valence-corrected chi connectivity index (χ1v) is 9.29. The number of thioether (sulfide) groups is 1. The largest absolute Gasteiger partial charge is 0.507 e. The van der Waals surface area contributed by atoms with E-state index in [1.165, 1.54) is 18.3 Å². The Morgan fingerprint density at radius 3 is 2.88 bits per heavy atom. The number of aromatic nitrogens is 2. The standard InChI is InChI=1S/C16H15N5O2S2/c1-3-24-16-21-20-15(25-16)19-18-12-7-8-13(23)10-5-4-6-11(14(10)12)17-9(2)22/h4-8,23H,3H2,1-2H3,(H,17,22). The average molecular weight is 373 g/mol. The number of anilines is 1. The predicted octanol–water partition coefficient (Wildman–Crippen LogP) is 4.88. The predicted molar refractivity (Wildman–Crippen MR) is 100 cm³/mol. The molecule has 0 saturated carbocycles. The summed E-state index contributed by atoms with van der Waals surface area (Å²) in [6, 6.07) is 8.47. The minimum absolute atomic E-state index is 0.110. The number of aromatic hydroxyl groups is 1. The summed E-state index contributed by atoms with van der Waals surface area (Å²) in [5.41, 5.74) is 1.09. The van der Waals surface area contributed by atoms with Crippen LogP contribution in [-0.4, -0.2) is 27.0 Å². The number of nitrogens with zero attached hydrogens (tertiary/aromatic N) is 4. The lowest BCUT2D eigenvalue weighted by atomic mass is 10.1. The summed E-state index contributed by atoms with van der Waals surface area (Å²) in [5.74, 6) is 0.817. The Morgan fingerprint density at radius 2 is 2.12 bits per heavy atom. The molecule has 0 bridgehead atoms. The third-order valence-corrected chi connectivity index (χ3v) is 5.04. The van der Waals surface area contributed by atoms with Crippen molar-refractivity contribution >= 4 is 56.3 Å². The molecule has 9 heteroatoms. The zero-order chi connectivity index (χ0) is 17.8. The molecule has 0 saturated heterocycles. The highest BCUT2D eigenvalue weighted by atomic mass is 32.2. The van der Waals surface area contributed by atoms with E-state index in [1.807, 2.05) is 6.92 Å². The average Bonchev–Trinajstić information content (AvgIpc) is 3.02. The molecule has 0 unspecified atom stereocenters. The molecule has 0 fully saturated rings. The van der Waals surface area contributed by atoms with E-state index in [4.69, 9.17) is 0 Å². The molecule has 1 aromatic heterocycles. The third kappa shape index (κ3) is 3.94. The van der Waals surface area contributed by atoms with Crippen molar-refractivity contribution in [1.29, 1.82) is 0 Å². The van der Waals surface area contributed by atoms with Gasteiger partial charge in [-0.3, -0.25) is 4.79 Å². The molecule has 0 radical (unpaired) electrons. The van der Waals surface area contributed by atoms with Gasteiger partial charge in [-0.1, -0.05) is 42.2 Å². The summed E-state index contributed by atoms with van der Waals surface area (Å²) in [6.07, 6.45) is 0. The van der Waals surface area contributed by atoms with E-state index in [1.54, 1.807) is 42.1 Å². The fraction of sp³-hybridized carbons (Fsp3) is 0.188. The number of phenols is 1. The number of phenolic OH excluding ortho intramolecular Hbond substituents is 1. The smallest absolute Gasteiger partial charge is 0.252 e. The fourth-order valence-corrected chi connectivity index (χ4v) is 3.83. The Labute approximate surface area is 152 Å². The van der Waals surface area contributed by atoms with Crippen LogP contribution in [0.15, 0.2) is 44.9 Å². The summed E-state index contributed by atoms with van der Waals surface area (Å²) in [4.78, 5) is 11.5. The molecular weight excluding hydrogens is 358 g/mol. The van der Waals surface area contributed by atoms with Crippen LogP contribution in [0.4, 0.5) is 16.5 Å². The molecule has 2 N–H and O–H groups in total. The second kappa shape index (κ2) is 7.58. The zero-order valence-electron chi connectivity index (χ0n) is 13.6. The number of azo groups is 1. The van der Waals surface area contributed by atoms with Crippen LogP contribution in [0, 0.1) is 0 Å². The van der Waals surface area contributed by atoms with E-state index < -0.39 is 0 Å². The molecular formula is C16H15N5O2S2. The first-order valence-electron chi connectivity index (χ1n) is 7.49. The highest BCUT2D eigenvalue weighted by Crippen LogP contribution is 2.38. The van der Waals surface area contributed by atoms with Crippen LogP contribution in [0.3, 0.4) is 0 Å². The molecule has 128 valence electrons. The van der Waals surface area contributed by atoms with Crippen molar-refractivity contribution in [3.05, 3.63) is 30.3 Å². The van der Waals surface area contributed by atoms with E-state index in [0.717, 1.165) is 10.1 Å². The van der Waals surface area contributed by atoms with Gasteiger partial charge in [-0.2, -0.15) is 0 Å².